The molecule has 1 aromatic carbocycles. The van der Waals surface area contributed by atoms with Gasteiger partial charge in [0.25, 0.3) is 0 Å². The molecule has 0 radical (unpaired) electrons. The van der Waals surface area contributed by atoms with Gasteiger partial charge in [0.2, 0.25) is 0 Å². The van der Waals surface area contributed by atoms with Gasteiger partial charge in [0.1, 0.15) is 0 Å². The van der Waals surface area contributed by atoms with Crippen molar-refractivity contribution in [3.8, 4) is 0 Å². The smallest absolute Gasteiger partial charge is 0.0983 e. The molecule has 0 aliphatic carbocycles. The summed E-state index contributed by atoms with van der Waals surface area (Å²) in [6, 6.07) is 12.0. The highest BCUT2D eigenvalue weighted by Crippen LogP contribution is 2.08. The molecule has 2 fully saturated rings. The first-order chi connectivity index (χ1) is 10.3. The number of hydrogen-bond donors (Lipinski definition) is 2. The lowest BCUT2D eigenvalue weighted by molar-refractivity contribution is -0.961. The van der Waals surface area contributed by atoms with E-state index in [0.29, 0.717) is 0 Å². The third kappa shape index (κ3) is 4.31. The van der Waals surface area contributed by atoms with E-state index in [1.54, 1.807) is 0 Å². The van der Waals surface area contributed by atoms with Crippen LogP contribution in [0.3, 0.4) is 0 Å². The standard InChI is InChI=1S/C19H30N2/c1-17-7-15-21(16-8-17)19-10-13-20(14-11-19)12-9-18-5-3-2-4-6-18/h2-6,17,19H,7-16H2,1H3/p+2. The summed E-state index contributed by atoms with van der Waals surface area (Å²) in [7, 11) is 0. The number of nitrogens with one attached hydrogen (secondary N) is 2. The van der Waals surface area contributed by atoms with Crippen LogP contribution in [-0.2, 0) is 6.42 Å². The predicted octanol–water partition coefficient (Wildman–Crippen LogP) is 0.591. The fourth-order valence-corrected chi connectivity index (χ4v) is 4.19. The molecule has 2 N–H and O–H groups in total. The Morgan fingerprint density at radius 3 is 2.24 bits per heavy atom. The molecule has 0 bridgehead atoms. The summed E-state index contributed by atoms with van der Waals surface area (Å²) < 4.78 is 0. The average molecular weight is 288 g/mol. The zero-order valence-corrected chi connectivity index (χ0v) is 13.6. The monoisotopic (exact) mass is 288 g/mol. The topological polar surface area (TPSA) is 8.88 Å². The largest absolute Gasteiger partial charge is 0.334 e. The minimum Gasteiger partial charge on any atom is -0.334 e. The molecule has 2 heteroatoms. The van der Waals surface area contributed by atoms with Crippen LogP contribution in [0.25, 0.3) is 0 Å². The second-order valence-electron chi connectivity index (χ2n) is 7.35. The lowest BCUT2D eigenvalue weighted by atomic mass is 9.95. The minimum absolute atomic E-state index is 0.970. The Kier molecular flexibility index (Phi) is 5.32. The summed E-state index contributed by atoms with van der Waals surface area (Å²) in [6.07, 6.45) is 7.06. The molecule has 0 unspecified atom stereocenters. The van der Waals surface area contributed by atoms with Gasteiger partial charge in [0, 0.05) is 19.3 Å². The molecule has 2 aliphatic rings. The van der Waals surface area contributed by atoms with Gasteiger partial charge in [-0.2, -0.15) is 0 Å². The van der Waals surface area contributed by atoms with Crippen molar-refractivity contribution in [2.45, 2.75) is 45.1 Å². The van der Waals surface area contributed by atoms with E-state index in [9.17, 15) is 0 Å². The van der Waals surface area contributed by atoms with Crippen molar-refractivity contribution in [3.63, 3.8) is 0 Å². The lowest BCUT2D eigenvalue weighted by Crippen LogP contribution is -3.21. The first-order valence-corrected chi connectivity index (χ1v) is 9.03. The Morgan fingerprint density at radius 1 is 0.905 bits per heavy atom. The molecular formula is C19H32N2+2. The van der Waals surface area contributed by atoms with Gasteiger partial charge in [-0.25, -0.2) is 0 Å². The summed E-state index contributed by atoms with van der Waals surface area (Å²) in [5, 5.41) is 0. The van der Waals surface area contributed by atoms with Crippen LogP contribution >= 0.6 is 0 Å². The fraction of sp³-hybridized carbons (Fsp3) is 0.684. The highest BCUT2D eigenvalue weighted by Gasteiger charge is 2.31. The van der Waals surface area contributed by atoms with Gasteiger partial charge in [0.15, 0.2) is 0 Å². The molecule has 0 aromatic heterocycles. The Bertz CT molecular complexity index is 401. The molecule has 2 saturated heterocycles. The first-order valence-electron chi connectivity index (χ1n) is 9.03. The highest BCUT2D eigenvalue weighted by atomic mass is 15.2. The molecule has 21 heavy (non-hydrogen) atoms. The number of rotatable bonds is 4. The fourth-order valence-electron chi connectivity index (χ4n) is 4.19. The molecule has 2 aliphatic heterocycles. The van der Waals surface area contributed by atoms with Crippen LogP contribution in [0.4, 0.5) is 0 Å². The second kappa shape index (κ2) is 7.42. The highest BCUT2D eigenvalue weighted by molar-refractivity contribution is 5.14. The number of piperidine rings is 2. The number of benzene rings is 1. The zero-order valence-electron chi connectivity index (χ0n) is 13.6. The summed E-state index contributed by atoms with van der Waals surface area (Å²) in [6.45, 7) is 9.42. The molecule has 0 amide bonds. The molecule has 0 spiro atoms. The van der Waals surface area contributed by atoms with Gasteiger partial charge in [-0.3, -0.25) is 0 Å². The normalized spacial score (nSPS) is 33.8. The van der Waals surface area contributed by atoms with Crippen molar-refractivity contribution >= 4 is 0 Å². The maximum absolute atomic E-state index is 2.42. The maximum Gasteiger partial charge on any atom is 0.0983 e. The molecule has 116 valence electrons. The number of likely N-dealkylation sites (tertiary alicyclic amines) is 2. The Balaban J connectivity index is 1.39. The zero-order chi connectivity index (χ0) is 14.5. The van der Waals surface area contributed by atoms with Crippen LogP contribution < -0.4 is 9.80 Å². The van der Waals surface area contributed by atoms with Crippen molar-refractivity contribution in [3.05, 3.63) is 35.9 Å². The average Bonchev–Trinajstić information content (AvgIpc) is 2.55. The summed E-state index contributed by atoms with van der Waals surface area (Å²) in [4.78, 5) is 3.76. The summed E-state index contributed by atoms with van der Waals surface area (Å²) in [5.41, 5.74) is 1.50. The molecule has 0 saturated carbocycles. The van der Waals surface area contributed by atoms with Crippen molar-refractivity contribution in [2.24, 2.45) is 5.92 Å². The molecule has 2 nitrogen and oxygen atoms in total. The second-order valence-corrected chi connectivity index (χ2v) is 7.35. The van der Waals surface area contributed by atoms with Crippen LogP contribution in [0.15, 0.2) is 30.3 Å². The van der Waals surface area contributed by atoms with Crippen molar-refractivity contribution in [1.82, 2.24) is 0 Å². The van der Waals surface area contributed by atoms with E-state index in [1.165, 1.54) is 70.4 Å². The molecule has 1 aromatic rings. The van der Waals surface area contributed by atoms with Crippen LogP contribution in [0.5, 0.6) is 0 Å². The predicted molar refractivity (Wildman–Crippen MR) is 87.8 cm³/mol. The van der Waals surface area contributed by atoms with Crippen molar-refractivity contribution in [2.75, 3.05) is 32.7 Å². The van der Waals surface area contributed by atoms with Crippen LogP contribution in [0.2, 0.25) is 0 Å². The van der Waals surface area contributed by atoms with Crippen LogP contribution in [-0.4, -0.2) is 38.8 Å². The first kappa shape index (κ1) is 15.1. The van der Waals surface area contributed by atoms with Gasteiger partial charge < -0.3 is 9.80 Å². The third-order valence-corrected chi connectivity index (χ3v) is 5.80. The molecule has 0 atom stereocenters. The summed E-state index contributed by atoms with van der Waals surface area (Å²) >= 11 is 0. The third-order valence-electron chi connectivity index (χ3n) is 5.80. The Labute approximate surface area is 130 Å². The van der Waals surface area contributed by atoms with E-state index >= 15 is 0 Å². The minimum atomic E-state index is 0.970. The Morgan fingerprint density at radius 2 is 1.57 bits per heavy atom. The van der Waals surface area contributed by atoms with E-state index in [0.717, 1.165) is 12.0 Å². The van der Waals surface area contributed by atoms with Crippen molar-refractivity contribution < 1.29 is 9.80 Å². The quantitative estimate of drug-likeness (QED) is 0.802. The van der Waals surface area contributed by atoms with E-state index in [2.05, 4.69) is 37.3 Å². The van der Waals surface area contributed by atoms with Gasteiger partial charge in [0.05, 0.1) is 38.8 Å². The SMILES string of the molecule is CC1CC[NH+](C2CC[NH+](CCc3ccccc3)CC2)CC1. The van der Waals surface area contributed by atoms with E-state index < -0.39 is 0 Å². The number of quaternary nitrogens is 2. The summed E-state index contributed by atoms with van der Waals surface area (Å²) in [5.74, 6) is 0.977. The molecule has 2 heterocycles. The van der Waals surface area contributed by atoms with Gasteiger partial charge in [-0.1, -0.05) is 37.3 Å². The molecular weight excluding hydrogens is 256 g/mol. The van der Waals surface area contributed by atoms with Crippen LogP contribution in [0, 0.1) is 5.92 Å². The Hall–Kier alpha value is -0.860. The van der Waals surface area contributed by atoms with E-state index in [4.69, 9.17) is 0 Å². The van der Waals surface area contributed by atoms with Crippen LogP contribution in [0.1, 0.15) is 38.2 Å². The maximum atomic E-state index is 2.42. The van der Waals surface area contributed by atoms with Gasteiger partial charge in [-0.15, -0.1) is 0 Å². The number of hydrogen-bond acceptors (Lipinski definition) is 0. The van der Waals surface area contributed by atoms with E-state index in [-0.39, 0.29) is 0 Å². The van der Waals surface area contributed by atoms with Gasteiger partial charge >= 0.3 is 0 Å². The molecule has 3 rings (SSSR count). The lowest BCUT2D eigenvalue weighted by Gasteiger charge is -2.37. The van der Waals surface area contributed by atoms with Gasteiger partial charge in [-0.05, 0) is 24.3 Å². The van der Waals surface area contributed by atoms with Crippen molar-refractivity contribution in [1.29, 1.82) is 0 Å². The van der Waals surface area contributed by atoms with E-state index in [1.807, 2.05) is 9.80 Å².